The Morgan fingerprint density at radius 3 is 3.12 bits per heavy atom. The lowest BCUT2D eigenvalue weighted by atomic mass is 10.1. The molecule has 1 fully saturated rings. The third-order valence-electron chi connectivity index (χ3n) is 4.15. The van der Waals surface area contributed by atoms with Crippen LogP contribution in [0.2, 0.25) is 0 Å². The minimum atomic E-state index is -0.0307. The molecule has 1 aliphatic heterocycles. The number of para-hydroxylation sites is 1. The molecule has 0 spiro atoms. The van der Waals surface area contributed by atoms with Crippen LogP contribution in [0.1, 0.15) is 12.8 Å². The summed E-state index contributed by atoms with van der Waals surface area (Å²) >= 11 is 3.14. The van der Waals surface area contributed by atoms with E-state index < -0.39 is 0 Å². The van der Waals surface area contributed by atoms with Crippen LogP contribution >= 0.6 is 23.1 Å². The number of nitrogens with zero attached hydrogens (tertiary/aromatic N) is 4. The van der Waals surface area contributed by atoms with Crippen LogP contribution in [-0.4, -0.2) is 50.7 Å². The monoisotopic (exact) mass is 386 g/mol. The molecule has 0 bridgehead atoms. The maximum Gasteiger partial charge on any atom is 0.233 e. The second-order valence-electron chi connectivity index (χ2n) is 6.00. The van der Waals surface area contributed by atoms with Crippen LogP contribution in [0.3, 0.4) is 0 Å². The fraction of sp³-hybridized carbons (Fsp3) is 0.333. The fourth-order valence-electron chi connectivity index (χ4n) is 2.91. The topological polar surface area (TPSA) is 68.2 Å². The van der Waals surface area contributed by atoms with E-state index in [0.29, 0.717) is 18.2 Å². The van der Waals surface area contributed by atoms with Crippen LogP contribution in [0.5, 0.6) is 5.88 Å². The van der Waals surface area contributed by atoms with Gasteiger partial charge in [-0.1, -0.05) is 23.9 Å². The fourth-order valence-corrected chi connectivity index (χ4v) is 4.88. The smallest absolute Gasteiger partial charge is 0.233 e. The lowest BCUT2D eigenvalue weighted by Gasteiger charge is -2.32. The highest BCUT2D eigenvalue weighted by Gasteiger charge is 2.25. The van der Waals surface area contributed by atoms with Crippen molar-refractivity contribution < 1.29 is 9.53 Å². The van der Waals surface area contributed by atoms with Crippen LogP contribution in [0, 0.1) is 0 Å². The van der Waals surface area contributed by atoms with Gasteiger partial charge >= 0.3 is 0 Å². The van der Waals surface area contributed by atoms with Gasteiger partial charge in [-0.3, -0.25) is 9.78 Å². The first-order chi connectivity index (χ1) is 12.8. The summed E-state index contributed by atoms with van der Waals surface area (Å²) in [4.78, 5) is 27.2. The average molecular weight is 387 g/mol. The first-order valence-electron chi connectivity index (χ1n) is 8.47. The van der Waals surface area contributed by atoms with Crippen LogP contribution in [0.4, 0.5) is 0 Å². The van der Waals surface area contributed by atoms with Crippen LogP contribution in [-0.2, 0) is 4.79 Å². The highest BCUT2D eigenvalue weighted by atomic mass is 32.2. The Balaban J connectivity index is 1.32. The number of ether oxygens (including phenoxy) is 1. The van der Waals surface area contributed by atoms with Crippen LogP contribution < -0.4 is 4.74 Å². The zero-order valence-corrected chi connectivity index (χ0v) is 15.7. The number of fused-ring (bicyclic) bond motifs is 1. The molecule has 0 aliphatic carbocycles. The zero-order valence-electron chi connectivity index (χ0n) is 14.1. The summed E-state index contributed by atoms with van der Waals surface area (Å²) in [7, 11) is 0. The average Bonchev–Trinajstić information content (AvgIpc) is 3.10. The van der Waals surface area contributed by atoms with Gasteiger partial charge in [0.05, 0.1) is 28.7 Å². The molecule has 0 saturated carbocycles. The standard InChI is InChI=1S/C18H18N4O2S2/c23-17(12-25-18-21-14-5-1-2-6-15(14)26-18)22-9-3-4-13(11-22)24-16-10-19-7-8-20-16/h1-2,5-8,10,13H,3-4,9,11-12H2. The van der Waals surface area contributed by atoms with E-state index in [9.17, 15) is 4.79 Å². The summed E-state index contributed by atoms with van der Waals surface area (Å²) in [5.74, 6) is 1.04. The van der Waals surface area contributed by atoms with Gasteiger partial charge in [-0.2, -0.15) is 0 Å². The number of benzene rings is 1. The molecule has 2 aromatic heterocycles. The Bertz CT molecular complexity index is 854. The summed E-state index contributed by atoms with van der Waals surface area (Å²) < 4.78 is 7.94. The summed E-state index contributed by atoms with van der Waals surface area (Å²) in [6, 6.07) is 8.03. The highest BCUT2D eigenvalue weighted by Crippen LogP contribution is 2.29. The SMILES string of the molecule is O=C(CSc1nc2ccccc2s1)N1CCCC(Oc2cnccn2)C1. The third kappa shape index (κ3) is 4.13. The molecule has 1 aromatic carbocycles. The minimum Gasteiger partial charge on any atom is -0.471 e. The molecule has 3 aromatic rings. The molecular formula is C18H18N4O2S2. The maximum absolute atomic E-state index is 12.6. The molecule has 1 amide bonds. The number of carbonyl (C=O) groups excluding carboxylic acids is 1. The van der Waals surface area contributed by atoms with Gasteiger partial charge < -0.3 is 9.64 Å². The molecule has 1 aliphatic rings. The Morgan fingerprint density at radius 1 is 1.35 bits per heavy atom. The Morgan fingerprint density at radius 2 is 2.27 bits per heavy atom. The summed E-state index contributed by atoms with van der Waals surface area (Å²) in [5, 5.41) is 0. The van der Waals surface area contributed by atoms with Crippen molar-refractivity contribution in [3.63, 3.8) is 0 Å². The van der Waals surface area contributed by atoms with E-state index in [1.165, 1.54) is 11.8 Å². The van der Waals surface area contributed by atoms with Crippen LogP contribution in [0.25, 0.3) is 10.2 Å². The number of carbonyl (C=O) groups is 1. The predicted octanol–water partition coefficient (Wildman–Crippen LogP) is 3.25. The molecule has 26 heavy (non-hydrogen) atoms. The number of hydrogen-bond donors (Lipinski definition) is 0. The quantitative estimate of drug-likeness (QED) is 0.627. The lowest BCUT2D eigenvalue weighted by Crippen LogP contribution is -2.45. The van der Waals surface area contributed by atoms with Gasteiger partial charge in [0.15, 0.2) is 4.34 Å². The minimum absolute atomic E-state index is 0.0307. The predicted molar refractivity (Wildman–Crippen MR) is 103 cm³/mol. The van der Waals surface area contributed by atoms with Gasteiger partial charge in [-0.15, -0.1) is 11.3 Å². The van der Waals surface area contributed by atoms with Crippen molar-refractivity contribution in [1.82, 2.24) is 19.9 Å². The molecule has 4 rings (SSSR count). The van der Waals surface area contributed by atoms with Crippen molar-refractivity contribution >= 4 is 39.2 Å². The van der Waals surface area contributed by atoms with Crippen LogP contribution in [0.15, 0.2) is 47.2 Å². The van der Waals surface area contributed by atoms with E-state index in [1.54, 1.807) is 29.9 Å². The zero-order chi connectivity index (χ0) is 17.8. The number of piperidine rings is 1. The maximum atomic E-state index is 12.6. The molecule has 0 radical (unpaired) electrons. The molecule has 0 N–H and O–H groups in total. The number of amides is 1. The molecule has 8 heteroatoms. The summed E-state index contributed by atoms with van der Waals surface area (Å²) in [5.41, 5.74) is 0.989. The first kappa shape index (κ1) is 17.2. The second kappa shape index (κ2) is 8.01. The normalized spacial score (nSPS) is 17.4. The van der Waals surface area contributed by atoms with Crippen molar-refractivity contribution in [2.45, 2.75) is 23.3 Å². The Kier molecular flexibility index (Phi) is 5.31. The van der Waals surface area contributed by atoms with E-state index in [-0.39, 0.29) is 12.0 Å². The molecule has 134 valence electrons. The third-order valence-corrected chi connectivity index (χ3v) is 6.32. The summed E-state index contributed by atoms with van der Waals surface area (Å²) in [6.07, 6.45) is 6.65. The van der Waals surface area contributed by atoms with E-state index in [4.69, 9.17) is 4.74 Å². The van der Waals surface area contributed by atoms with Gasteiger partial charge in [0, 0.05) is 18.9 Å². The molecule has 1 atom stereocenters. The number of aromatic nitrogens is 3. The molecule has 3 heterocycles. The van der Waals surface area contributed by atoms with Gasteiger partial charge in [-0.25, -0.2) is 9.97 Å². The van der Waals surface area contributed by atoms with Gasteiger partial charge in [0.2, 0.25) is 11.8 Å². The van der Waals surface area contributed by atoms with Gasteiger partial charge in [-0.05, 0) is 25.0 Å². The van der Waals surface area contributed by atoms with E-state index in [0.717, 1.165) is 33.9 Å². The van der Waals surface area contributed by atoms with Crippen molar-refractivity contribution in [3.8, 4) is 5.88 Å². The van der Waals surface area contributed by atoms with E-state index in [1.807, 2.05) is 23.1 Å². The van der Waals surface area contributed by atoms with Crippen molar-refractivity contribution in [2.75, 3.05) is 18.8 Å². The van der Waals surface area contributed by atoms with Crippen molar-refractivity contribution in [3.05, 3.63) is 42.9 Å². The largest absolute Gasteiger partial charge is 0.471 e. The number of likely N-dealkylation sites (tertiary alicyclic amines) is 1. The van der Waals surface area contributed by atoms with Gasteiger partial charge in [0.1, 0.15) is 6.10 Å². The number of hydrogen-bond acceptors (Lipinski definition) is 7. The van der Waals surface area contributed by atoms with E-state index in [2.05, 4.69) is 21.0 Å². The van der Waals surface area contributed by atoms with Crippen molar-refractivity contribution in [1.29, 1.82) is 0 Å². The van der Waals surface area contributed by atoms with Crippen molar-refractivity contribution in [2.24, 2.45) is 0 Å². The summed E-state index contributed by atoms with van der Waals surface area (Å²) in [6.45, 7) is 1.37. The number of rotatable bonds is 5. The lowest BCUT2D eigenvalue weighted by molar-refractivity contribution is -0.130. The Hall–Kier alpha value is -2.19. The number of thioether (sulfide) groups is 1. The second-order valence-corrected chi connectivity index (χ2v) is 8.25. The molecule has 1 saturated heterocycles. The number of thiazole rings is 1. The molecular weight excluding hydrogens is 368 g/mol. The molecule has 6 nitrogen and oxygen atoms in total. The molecule has 1 unspecified atom stereocenters. The van der Waals surface area contributed by atoms with E-state index >= 15 is 0 Å². The first-order valence-corrected chi connectivity index (χ1v) is 10.3. The Labute approximate surface area is 159 Å². The van der Waals surface area contributed by atoms with Gasteiger partial charge in [0.25, 0.3) is 0 Å². The highest BCUT2D eigenvalue weighted by molar-refractivity contribution is 8.01.